The third kappa shape index (κ3) is 3.49. The van der Waals surface area contributed by atoms with E-state index in [-0.39, 0.29) is 18.5 Å². The normalized spacial score (nSPS) is 12.1. The second-order valence-corrected chi connectivity index (χ2v) is 6.00. The van der Waals surface area contributed by atoms with Crippen LogP contribution in [-0.2, 0) is 0 Å². The Hall–Kier alpha value is -1.84. The van der Waals surface area contributed by atoms with Crippen LogP contribution in [0.1, 0.15) is 17.5 Å². The highest BCUT2D eigenvalue weighted by Crippen LogP contribution is 2.29. The van der Waals surface area contributed by atoms with Crippen LogP contribution in [0, 0.1) is 24.1 Å². The molecule has 1 heterocycles. The van der Waals surface area contributed by atoms with E-state index >= 15 is 0 Å². The van der Waals surface area contributed by atoms with Gasteiger partial charge in [0, 0.05) is 30.0 Å². The molecular weight excluding hydrogens is 301 g/mol. The summed E-state index contributed by atoms with van der Waals surface area (Å²) >= 11 is 1.65. The number of nitrogens with one attached hydrogen (secondary N) is 1. The van der Waals surface area contributed by atoms with Crippen molar-refractivity contribution in [1.82, 2.24) is 4.98 Å². The number of halogens is 1. The summed E-state index contributed by atoms with van der Waals surface area (Å²) in [6.07, 6.45) is 4.04. The highest BCUT2D eigenvalue weighted by atomic mass is 32.2. The Balaban J connectivity index is 2.56. The van der Waals surface area contributed by atoms with E-state index in [9.17, 15) is 14.8 Å². The molecule has 2 aromatic rings. The number of thioether (sulfide) groups is 1. The first-order chi connectivity index (χ1) is 10.6. The zero-order chi connectivity index (χ0) is 16.1. The number of aromatic nitrogens is 1. The number of aliphatic hydroxyl groups is 1. The van der Waals surface area contributed by atoms with Crippen molar-refractivity contribution in [2.45, 2.75) is 19.4 Å². The standard InChI is InChI=1S/C16H18FN3OS/c1-10-5-12(17)6-14-15(10)19-8-11(7-18)16(14)20-13(3-4-21)9-22-2/h5-6,8,13,21H,3-4,9H2,1-2H3,(H,19,20). The van der Waals surface area contributed by atoms with Crippen molar-refractivity contribution in [3.8, 4) is 6.07 Å². The molecule has 0 amide bonds. The minimum absolute atomic E-state index is 0.00118. The van der Waals surface area contributed by atoms with Crippen LogP contribution in [0.3, 0.4) is 0 Å². The predicted octanol–water partition coefficient (Wildman–Crippen LogP) is 3.08. The summed E-state index contributed by atoms with van der Waals surface area (Å²) in [5, 5.41) is 22.4. The average Bonchev–Trinajstić information content (AvgIpc) is 2.48. The lowest BCUT2D eigenvalue weighted by Crippen LogP contribution is -2.24. The molecule has 0 saturated heterocycles. The molecule has 1 aromatic heterocycles. The Morgan fingerprint density at radius 1 is 1.50 bits per heavy atom. The predicted molar refractivity (Wildman–Crippen MR) is 88.6 cm³/mol. The van der Waals surface area contributed by atoms with Crippen LogP contribution in [0.5, 0.6) is 0 Å². The molecule has 0 aliphatic rings. The number of fused-ring (bicyclic) bond motifs is 1. The van der Waals surface area contributed by atoms with Crippen LogP contribution >= 0.6 is 11.8 Å². The fourth-order valence-corrected chi connectivity index (χ4v) is 3.09. The summed E-state index contributed by atoms with van der Waals surface area (Å²) in [7, 11) is 0. The number of pyridine rings is 1. The van der Waals surface area contributed by atoms with Crippen LogP contribution in [0.2, 0.25) is 0 Å². The number of benzene rings is 1. The Labute approximate surface area is 133 Å². The SMILES string of the molecule is CSCC(CCO)Nc1c(C#N)cnc2c(C)cc(F)cc12. The van der Waals surface area contributed by atoms with Gasteiger partial charge in [-0.2, -0.15) is 17.0 Å². The largest absolute Gasteiger partial charge is 0.396 e. The Morgan fingerprint density at radius 2 is 2.27 bits per heavy atom. The van der Waals surface area contributed by atoms with Gasteiger partial charge in [-0.1, -0.05) is 0 Å². The quantitative estimate of drug-likeness (QED) is 0.856. The number of aryl methyl sites for hydroxylation is 1. The number of nitriles is 1. The Morgan fingerprint density at radius 3 is 2.91 bits per heavy atom. The molecule has 2 rings (SSSR count). The van der Waals surface area contributed by atoms with Crippen LogP contribution in [0.4, 0.5) is 10.1 Å². The van der Waals surface area contributed by atoms with Gasteiger partial charge >= 0.3 is 0 Å². The lowest BCUT2D eigenvalue weighted by Gasteiger charge is -2.20. The van der Waals surface area contributed by atoms with E-state index < -0.39 is 0 Å². The van der Waals surface area contributed by atoms with Crippen molar-refractivity contribution in [2.75, 3.05) is 23.9 Å². The highest BCUT2D eigenvalue weighted by molar-refractivity contribution is 7.98. The molecule has 1 atom stereocenters. The van der Waals surface area contributed by atoms with Crippen molar-refractivity contribution in [3.05, 3.63) is 35.3 Å². The van der Waals surface area contributed by atoms with Crippen LogP contribution < -0.4 is 5.32 Å². The monoisotopic (exact) mass is 319 g/mol. The van der Waals surface area contributed by atoms with Gasteiger partial charge in [0.05, 0.1) is 16.8 Å². The number of rotatable bonds is 6. The third-order valence-corrected chi connectivity index (χ3v) is 4.18. The van der Waals surface area contributed by atoms with Crippen molar-refractivity contribution >= 4 is 28.4 Å². The van der Waals surface area contributed by atoms with E-state index in [2.05, 4.69) is 16.4 Å². The molecule has 0 saturated carbocycles. The number of nitrogens with zero attached hydrogens (tertiary/aromatic N) is 2. The number of anilines is 1. The zero-order valence-corrected chi connectivity index (χ0v) is 13.4. The van der Waals surface area contributed by atoms with Gasteiger partial charge in [-0.15, -0.1) is 0 Å². The summed E-state index contributed by atoms with van der Waals surface area (Å²) in [6, 6.07) is 4.93. The van der Waals surface area contributed by atoms with E-state index in [1.165, 1.54) is 18.3 Å². The maximum absolute atomic E-state index is 13.8. The number of hydrogen-bond acceptors (Lipinski definition) is 5. The molecule has 0 spiro atoms. The van der Waals surface area contributed by atoms with Crippen molar-refractivity contribution in [3.63, 3.8) is 0 Å². The van der Waals surface area contributed by atoms with Gasteiger partial charge in [0.1, 0.15) is 11.9 Å². The fraction of sp³-hybridized carbons (Fsp3) is 0.375. The van der Waals surface area contributed by atoms with Gasteiger partial charge in [0.15, 0.2) is 0 Å². The molecule has 0 aliphatic heterocycles. The number of hydrogen-bond donors (Lipinski definition) is 2. The molecule has 0 fully saturated rings. The van der Waals surface area contributed by atoms with Gasteiger partial charge in [-0.05, 0) is 37.3 Å². The number of aliphatic hydroxyl groups excluding tert-OH is 1. The van der Waals surface area contributed by atoms with Gasteiger partial charge in [0.2, 0.25) is 0 Å². The summed E-state index contributed by atoms with van der Waals surface area (Å²) in [6.45, 7) is 1.85. The maximum Gasteiger partial charge on any atom is 0.124 e. The van der Waals surface area contributed by atoms with Gasteiger partial charge in [0.25, 0.3) is 0 Å². The molecule has 1 aromatic carbocycles. The molecule has 2 N–H and O–H groups in total. The first-order valence-electron chi connectivity index (χ1n) is 6.96. The Bertz CT molecular complexity index is 709. The molecule has 4 nitrogen and oxygen atoms in total. The van der Waals surface area contributed by atoms with E-state index in [4.69, 9.17) is 0 Å². The van der Waals surface area contributed by atoms with Crippen molar-refractivity contribution < 1.29 is 9.50 Å². The highest BCUT2D eigenvalue weighted by Gasteiger charge is 2.15. The second-order valence-electron chi connectivity index (χ2n) is 5.09. The van der Waals surface area contributed by atoms with E-state index in [1.54, 1.807) is 18.7 Å². The molecule has 0 aliphatic carbocycles. The van der Waals surface area contributed by atoms with Gasteiger partial charge < -0.3 is 10.4 Å². The summed E-state index contributed by atoms with van der Waals surface area (Å²) in [5.74, 6) is 0.428. The van der Waals surface area contributed by atoms with E-state index in [1.807, 2.05) is 6.26 Å². The van der Waals surface area contributed by atoms with Gasteiger partial charge in [-0.3, -0.25) is 4.98 Å². The average molecular weight is 319 g/mol. The second kappa shape index (κ2) is 7.43. The van der Waals surface area contributed by atoms with Gasteiger partial charge in [-0.25, -0.2) is 4.39 Å². The molecule has 0 radical (unpaired) electrons. The minimum atomic E-state index is -0.353. The van der Waals surface area contributed by atoms with Crippen molar-refractivity contribution in [2.24, 2.45) is 0 Å². The Kier molecular flexibility index (Phi) is 5.58. The van der Waals surface area contributed by atoms with Crippen LogP contribution in [0.25, 0.3) is 10.9 Å². The molecule has 6 heteroatoms. The van der Waals surface area contributed by atoms with E-state index in [0.29, 0.717) is 28.6 Å². The molecule has 0 bridgehead atoms. The molecule has 1 unspecified atom stereocenters. The topological polar surface area (TPSA) is 68.9 Å². The fourth-order valence-electron chi connectivity index (χ4n) is 2.43. The summed E-state index contributed by atoms with van der Waals surface area (Å²) < 4.78 is 13.8. The van der Waals surface area contributed by atoms with Crippen molar-refractivity contribution in [1.29, 1.82) is 5.26 Å². The molecule has 116 valence electrons. The lowest BCUT2D eigenvalue weighted by atomic mass is 10.1. The molecule has 22 heavy (non-hydrogen) atoms. The smallest absolute Gasteiger partial charge is 0.124 e. The first kappa shape index (κ1) is 16.5. The maximum atomic E-state index is 13.8. The first-order valence-corrected chi connectivity index (χ1v) is 8.35. The van der Waals surface area contributed by atoms with Crippen LogP contribution in [-0.4, -0.2) is 34.7 Å². The summed E-state index contributed by atoms with van der Waals surface area (Å²) in [4.78, 5) is 4.27. The summed E-state index contributed by atoms with van der Waals surface area (Å²) in [5.41, 5.74) is 2.37. The lowest BCUT2D eigenvalue weighted by molar-refractivity contribution is 0.282. The van der Waals surface area contributed by atoms with Crippen LogP contribution in [0.15, 0.2) is 18.3 Å². The minimum Gasteiger partial charge on any atom is -0.396 e. The third-order valence-electron chi connectivity index (χ3n) is 3.44. The zero-order valence-electron chi connectivity index (χ0n) is 12.6. The van der Waals surface area contributed by atoms with E-state index in [0.717, 1.165) is 11.3 Å². The molecular formula is C16H18FN3OS.